The fraction of sp³-hybridized carbons (Fsp3) is 0.571. The van der Waals surface area contributed by atoms with Crippen molar-refractivity contribution in [1.29, 1.82) is 0 Å². The number of halogens is 1. The summed E-state index contributed by atoms with van der Waals surface area (Å²) in [6.45, 7) is 1.95. The minimum absolute atomic E-state index is 0.236. The molecule has 62 valence electrons. The number of carbonyl (C=O) groups is 1. The number of carboxylic acids is 1. The van der Waals surface area contributed by atoms with E-state index in [1.54, 1.807) is 6.20 Å². The summed E-state index contributed by atoms with van der Waals surface area (Å²) in [6, 6.07) is 0. The van der Waals surface area contributed by atoms with Crippen LogP contribution in [0.5, 0.6) is 0 Å². The first kappa shape index (κ1) is 8.59. The lowest BCUT2D eigenvalue weighted by Crippen LogP contribution is -2.12. The summed E-state index contributed by atoms with van der Waals surface area (Å²) in [5.74, 6) is -0.906. The molecule has 0 aliphatic carbocycles. The van der Waals surface area contributed by atoms with Gasteiger partial charge in [-0.05, 0) is 28.8 Å². The summed E-state index contributed by atoms with van der Waals surface area (Å²) in [7, 11) is 0. The molecular weight excluding hydrogens is 210 g/mol. The van der Waals surface area contributed by atoms with Crippen LogP contribution in [0.4, 0.5) is 0 Å². The molecule has 0 amide bonds. The molecule has 0 spiro atoms. The zero-order valence-corrected chi connectivity index (χ0v) is 7.67. The van der Waals surface area contributed by atoms with E-state index in [1.807, 2.05) is 4.90 Å². The van der Waals surface area contributed by atoms with Crippen molar-refractivity contribution in [2.75, 3.05) is 13.1 Å². The van der Waals surface area contributed by atoms with E-state index in [9.17, 15) is 4.79 Å². The maximum atomic E-state index is 10.3. The second-order valence-electron chi connectivity index (χ2n) is 2.53. The van der Waals surface area contributed by atoms with Crippen molar-refractivity contribution in [1.82, 2.24) is 4.90 Å². The second-order valence-corrected chi connectivity index (χ2v) is 3.38. The fourth-order valence-corrected chi connectivity index (χ4v) is 1.38. The van der Waals surface area contributed by atoms with Crippen molar-refractivity contribution < 1.29 is 9.90 Å². The van der Waals surface area contributed by atoms with Crippen LogP contribution in [-0.4, -0.2) is 29.1 Å². The molecule has 1 fully saturated rings. The Morgan fingerprint density at radius 1 is 1.45 bits per heavy atom. The van der Waals surface area contributed by atoms with E-state index in [2.05, 4.69) is 15.9 Å². The summed E-state index contributed by atoms with van der Waals surface area (Å²) in [6.07, 6.45) is 3.97. The summed E-state index contributed by atoms with van der Waals surface area (Å²) in [5.41, 5.74) is 0. The molecule has 1 N–H and O–H groups in total. The van der Waals surface area contributed by atoms with E-state index >= 15 is 0 Å². The number of likely N-dealkylation sites (tertiary alicyclic amines) is 1. The Balaban J connectivity index is 2.49. The highest BCUT2D eigenvalue weighted by atomic mass is 79.9. The van der Waals surface area contributed by atoms with Gasteiger partial charge in [-0.3, -0.25) is 0 Å². The van der Waals surface area contributed by atoms with E-state index < -0.39 is 5.97 Å². The van der Waals surface area contributed by atoms with Crippen LogP contribution in [0.15, 0.2) is 10.7 Å². The van der Waals surface area contributed by atoms with E-state index in [0.29, 0.717) is 0 Å². The molecule has 0 atom stereocenters. The zero-order chi connectivity index (χ0) is 8.27. The van der Waals surface area contributed by atoms with Crippen molar-refractivity contribution in [3.63, 3.8) is 0 Å². The van der Waals surface area contributed by atoms with Gasteiger partial charge in [0.25, 0.3) is 0 Å². The molecule has 0 aromatic carbocycles. The topological polar surface area (TPSA) is 40.5 Å². The molecule has 0 saturated carbocycles. The van der Waals surface area contributed by atoms with Gasteiger partial charge in [0.1, 0.15) is 4.48 Å². The molecule has 1 saturated heterocycles. The Morgan fingerprint density at radius 3 is 2.45 bits per heavy atom. The normalized spacial score (nSPS) is 19.0. The average Bonchev–Trinajstić information content (AvgIpc) is 2.39. The molecule has 0 bridgehead atoms. The molecule has 1 rings (SSSR count). The lowest BCUT2D eigenvalue weighted by molar-refractivity contribution is -0.131. The first-order valence-electron chi connectivity index (χ1n) is 3.55. The molecule has 1 aliphatic heterocycles. The molecule has 1 heterocycles. The number of hydrogen-bond donors (Lipinski definition) is 1. The van der Waals surface area contributed by atoms with Crippen LogP contribution in [0.1, 0.15) is 12.8 Å². The third kappa shape index (κ3) is 2.54. The maximum Gasteiger partial charge on any atom is 0.344 e. The third-order valence-corrected chi connectivity index (χ3v) is 2.18. The summed E-state index contributed by atoms with van der Waals surface area (Å²) in [5, 5.41) is 8.50. The lowest BCUT2D eigenvalue weighted by Gasteiger charge is -2.10. The lowest BCUT2D eigenvalue weighted by atomic mass is 10.4. The molecule has 11 heavy (non-hydrogen) atoms. The summed E-state index contributed by atoms with van der Waals surface area (Å²) >= 11 is 2.97. The van der Waals surface area contributed by atoms with Gasteiger partial charge < -0.3 is 10.0 Å². The van der Waals surface area contributed by atoms with E-state index in [1.165, 1.54) is 0 Å². The van der Waals surface area contributed by atoms with Crippen LogP contribution in [0, 0.1) is 0 Å². The minimum atomic E-state index is -0.906. The molecule has 0 radical (unpaired) electrons. The van der Waals surface area contributed by atoms with Gasteiger partial charge in [0.15, 0.2) is 0 Å². The highest BCUT2D eigenvalue weighted by Crippen LogP contribution is 2.12. The van der Waals surface area contributed by atoms with E-state index in [4.69, 9.17) is 5.11 Å². The Hall–Kier alpha value is -0.510. The van der Waals surface area contributed by atoms with Crippen molar-refractivity contribution in [2.24, 2.45) is 0 Å². The van der Waals surface area contributed by atoms with Crippen molar-refractivity contribution in [2.45, 2.75) is 12.8 Å². The third-order valence-electron chi connectivity index (χ3n) is 1.64. The highest BCUT2D eigenvalue weighted by molar-refractivity contribution is 9.12. The van der Waals surface area contributed by atoms with Crippen LogP contribution in [0.25, 0.3) is 0 Å². The SMILES string of the molecule is O=C(O)/C(Br)=C/N1CCCC1. The van der Waals surface area contributed by atoms with Crippen LogP contribution in [0.3, 0.4) is 0 Å². The van der Waals surface area contributed by atoms with Gasteiger partial charge in [-0.1, -0.05) is 0 Å². The van der Waals surface area contributed by atoms with Gasteiger partial charge in [0.05, 0.1) is 0 Å². The van der Waals surface area contributed by atoms with E-state index in [-0.39, 0.29) is 4.48 Å². The average molecular weight is 220 g/mol. The quantitative estimate of drug-likeness (QED) is 0.715. The number of hydrogen-bond acceptors (Lipinski definition) is 2. The van der Waals surface area contributed by atoms with Gasteiger partial charge in [-0.2, -0.15) is 0 Å². The fourth-order valence-electron chi connectivity index (χ4n) is 1.09. The zero-order valence-electron chi connectivity index (χ0n) is 6.09. The molecular formula is C7H10BrNO2. The Morgan fingerprint density at radius 2 is 2.00 bits per heavy atom. The van der Waals surface area contributed by atoms with Crippen LogP contribution >= 0.6 is 15.9 Å². The summed E-state index contributed by atoms with van der Waals surface area (Å²) < 4.78 is 0.236. The molecule has 3 nitrogen and oxygen atoms in total. The first-order valence-corrected chi connectivity index (χ1v) is 4.34. The molecule has 0 unspecified atom stereocenters. The Bertz CT molecular complexity index is 185. The van der Waals surface area contributed by atoms with Crippen LogP contribution < -0.4 is 0 Å². The molecule has 4 heteroatoms. The van der Waals surface area contributed by atoms with Crippen LogP contribution in [0.2, 0.25) is 0 Å². The predicted molar refractivity (Wildman–Crippen MR) is 45.5 cm³/mol. The van der Waals surface area contributed by atoms with Crippen molar-refractivity contribution in [3.05, 3.63) is 10.7 Å². The van der Waals surface area contributed by atoms with Gasteiger partial charge >= 0.3 is 5.97 Å². The van der Waals surface area contributed by atoms with Crippen molar-refractivity contribution >= 4 is 21.9 Å². The summed E-state index contributed by atoms with van der Waals surface area (Å²) in [4.78, 5) is 12.4. The monoisotopic (exact) mass is 219 g/mol. The smallest absolute Gasteiger partial charge is 0.344 e. The van der Waals surface area contributed by atoms with Crippen molar-refractivity contribution in [3.8, 4) is 0 Å². The number of aliphatic carboxylic acids is 1. The largest absolute Gasteiger partial charge is 0.477 e. The van der Waals surface area contributed by atoms with Gasteiger partial charge in [0, 0.05) is 19.3 Å². The number of rotatable bonds is 2. The number of carboxylic acid groups (broad SMARTS) is 1. The highest BCUT2D eigenvalue weighted by Gasteiger charge is 2.10. The van der Waals surface area contributed by atoms with Crippen LogP contribution in [-0.2, 0) is 4.79 Å². The predicted octanol–water partition coefficient (Wildman–Crippen LogP) is 1.40. The first-order chi connectivity index (χ1) is 5.20. The second kappa shape index (κ2) is 3.76. The van der Waals surface area contributed by atoms with E-state index in [0.717, 1.165) is 25.9 Å². The molecule has 0 aromatic rings. The molecule has 0 aromatic heterocycles. The number of nitrogens with zero attached hydrogens (tertiary/aromatic N) is 1. The standard InChI is InChI=1S/C7H10BrNO2/c8-6(7(10)11)5-9-3-1-2-4-9/h5H,1-4H2,(H,10,11)/b6-5-. The molecule has 1 aliphatic rings. The Kier molecular flexibility index (Phi) is 2.93. The minimum Gasteiger partial charge on any atom is -0.477 e. The maximum absolute atomic E-state index is 10.3. The Labute approximate surface area is 73.8 Å². The van der Waals surface area contributed by atoms with Gasteiger partial charge in [-0.25, -0.2) is 4.79 Å². The van der Waals surface area contributed by atoms with Gasteiger partial charge in [-0.15, -0.1) is 0 Å². The van der Waals surface area contributed by atoms with Gasteiger partial charge in [0.2, 0.25) is 0 Å².